The molecule has 0 aliphatic rings. The van der Waals surface area contributed by atoms with Crippen molar-refractivity contribution in [2.45, 2.75) is 13.8 Å². The molecule has 0 radical (unpaired) electrons. The Bertz CT molecular complexity index is 842. The van der Waals surface area contributed by atoms with Gasteiger partial charge < -0.3 is 0 Å². The Hall–Kier alpha value is -1.71. The summed E-state index contributed by atoms with van der Waals surface area (Å²) in [5.74, 6) is -0.0598. The first-order valence-electron chi connectivity index (χ1n) is 6.37. The molecule has 0 bridgehead atoms. The van der Waals surface area contributed by atoms with Gasteiger partial charge in [-0.1, -0.05) is 41.4 Å². The molecule has 0 aliphatic carbocycles. The number of hydrogen-bond acceptors (Lipinski definition) is 2. The molecule has 0 N–H and O–H groups in total. The lowest BCUT2D eigenvalue weighted by atomic mass is 10.0. The summed E-state index contributed by atoms with van der Waals surface area (Å²) >= 11 is 12.3. The number of hydrogen-bond donors (Lipinski definition) is 0. The highest BCUT2D eigenvalue weighted by atomic mass is 35.5. The molecule has 0 fully saturated rings. The lowest BCUT2D eigenvalue weighted by molar-refractivity contribution is 0.636. The van der Waals surface area contributed by atoms with Crippen LogP contribution in [0, 0.1) is 19.7 Å². The molecular formula is C16H11Cl2FN2. The minimum absolute atomic E-state index is 0.139. The van der Waals surface area contributed by atoms with Crippen molar-refractivity contribution in [1.29, 1.82) is 0 Å². The SMILES string of the molecule is Cc1cccc(C)c1-c1nc(Cl)c2c(Cl)ccc(F)c2n1. The molecule has 0 aliphatic heterocycles. The Morgan fingerprint density at radius 1 is 0.952 bits per heavy atom. The third-order valence-electron chi connectivity index (χ3n) is 3.41. The van der Waals surface area contributed by atoms with Crippen molar-refractivity contribution in [2.75, 3.05) is 0 Å². The topological polar surface area (TPSA) is 25.8 Å². The predicted molar refractivity (Wildman–Crippen MR) is 84.4 cm³/mol. The van der Waals surface area contributed by atoms with Gasteiger partial charge in [-0.15, -0.1) is 0 Å². The number of benzene rings is 2. The third kappa shape index (κ3) is 2.37. The fraction of sp³-hybridized carbons (Fsp3) is 0.125. The normalized spacial score (nSPS) is 11.1. The third-order valence-corrected chi connectivity index (χ3v) is 4.00. The van der Waals surface area contributed by atoms with Crippen molar-refractivity contribution in [3.8, 4) is 11.4 Å². The summed E-state index contributed by atoms with van der Waals surface area (Å²) in [6.45, 7) is 3.91. The average molecular weight is 321 g/mol. The summed E-state index contributed by atoms with van der Waals surface area (Å²) in [5.41, 5.74) is 3.02. The van der Waals surface area contributed by atoms with E-state index in [-0.39, 0.29) is 10.7 Å². The van der Waals surface area contributed by atoms with Crippen molar-refractivity contribution in [1.82, 2.24) is 9.97 Å². The van der Waals surface area contributed by atoms with Crippen LogP contribution in [-0.2, 0) is 0 Å². The molecule has 0 unspecified atom stereocenters. The van der Waals surface area contributed by atoms with Crippen LogP contribution in [0.2, 0.25) is 10.2 Å². The lowest BCUT2D eigenvalue weighted by Crippen LogP contribution is -1.98. The summed E-state index contributed by atoms with van der Waals surface area (Å²) < 4.78 is 14.0. The molecule has 0 spiro atoms. The van der Waals surface area contributed by atoms with E-state index in [1.807, 2.05) is 32.0 Å². The van der Waals surface area contributed by atoms with E-state index in [9.17, 15) is 4.39 Å². The van der Waals surface area contributed by atoms with Crippen LogP contribution in [0.25, 0.3) is 22.3 Å². The van der Waals surface area contributed by atoms with Gasteiger partial charge in [-0.05, 0) is 37.1 Å². The summed E-state index contributed by atoms with van der Waals surface area (Å²) in [5, 5.41) is 0.833. The molecule has 3 rings (SSSR count). The van der Waals surface area contributed by atoms with Gasteiger partial charge in [0.15, 0.2) is 5.82 Å². The monoisotopic (exact) mass is 320 g/mol. The van der Waals surface area contributed by atoms with Crippen LogP contribution in [0.15, 0.2) is 30.3 Å². The second-order valence-corrected chi connectivity index (χ2v) is 5.62. The van der Waals surface area contributed by atoms with Gasteiger partial charge in [0, 0.05) is 5.56 Å². The van der Waals surface area contributed by atoms with E-state index in [1.165, 1.54) is 12.1 Å². The predicted octanol–water partition coefficient (Wildman–Crippen LogP) is 5.36. The largest absolute Gasteiger partial charge is 0.225 e. The van der Waals surface area contributed by atoms with Gasteiger partial charge in [0.2, 0.25) is 0 Å². The molecule has 2 aromatic carbocycles. The van der Waals surface area contributed by atoms with E-state index in [0.717, 1.165) is 16.7 Å². The van der Waals surface area contributed by atoms with E-state index in [1.54, 1.807) is 0 Å². The molecule has 2 nitrogen and oxygen atoms in total. The van der Waals surface area contributed by atoms with Crippen molar-refractivity contribution in [2.24, 2.45) is 0 Å². The highest BCUT2D eigenvalue weighted by Gasteiger charge is 2.16. The van der Waals surface area contributed by atoms with Crippen molar-refractivity contribution in [3.05, 3.63) is 57.5 Å². The van der Waals surface area contributed by atoms with E-state index >= 15 is 0 Å². The Morgan fingerprint density at radius 3 is 2.29 bits per heavy atom. The van der Waals surface area contributed by atoms with E-state index < -0.39 is 5.82 Å². The Labute approximate surface area is 131 Å². The molecule has 0 saturated carbocycles. The number of halogens is 3. The van der Waals surface area contributed by atoms with Gasteiger partial charge in [0.1, 0.15) is 16.5 Å². The summed E-state index contributed by atoms with van der Waals surface area (Å²) in [6, 6.07) is 8.60. The zero-order valence-corrected chi connectivity index (χ0v) is 12.9. The lowest BCUT2D eigenvalue weighted by Gasteiger charge is -2.11. The van der Waals surface area contributed by atoms with Crippen molar-refractivity contribution >= 4 is 34.1 Å². The van der Waals surface area contributed by atoms with Crippen LogP contribution in [0.3, 0.4) is 0 Å². The molecule has 0 saturated heterocycles. The van der Waals surface area contributed by atoms with Gasteiger partial charge in [0.05, 0.1) is 10.4 Å². The zero-order valence-electron chi connectivity index (χ0n) is 11.4. The molecule has 5 heteroatoms. The van der Waals surface area contributed by atoms with Crippen molar-refractivity contribution < 1.29 is 4.39 Å². The Kier molecular flexibility index (Phi) is 3.56. The van der Waals surface area contributed by atoms with Crippen LogP contribution in [0.1, 0.15) is 11.1 Å². The highest BCUT2D eigenvalue weighted by Crippen LogP contribution is 2.33. The maximum Gasteiger partial charge on any atom is 0.162 e. The summed E-state index contributed by atoms with van der Waals surface area (Å²) in [6.07, 6.45) is 0. The van der Waals surface area contributed by atoms with E-state index in [2.05, 4.69) is 9.97 Å². The first-order chi connectivity index (χ1) is 9.99. The molecule has 3 aromatic rings. The fourth-order valence-corrected chi connectivity index (χ4v) is 2.97. The molecule has 0 atom stereocenters. The molecule has 1 heterocycles. The first kappa shape index (κ1) is 14.2. The van der Waals surface area contributed by atoms with E-state index in [0.29, 0.717) is 16.2 Å². The zero-order chi connectivity index (χ0) is 15.1. The minimum atomic E-state index is -0.466. The molecule has 1 aromatic heterocycles. The number of aryl methyl sites for hydroxylation is 2. The van der Waals surface area contributed by atoms with E-state index in [4.69, 9.17) is 23.2 Å². The molecule has 0 amide bonds. The number of nitrogens with zero attached hydrogens (tertiary/aromatic N) is 2. The maximum atomic E-state index is 14.0. The molecule has 106 valence electrons. The highest BCUT2D eigenvalue weighted by molar-refractivity contribution is 6.41. The maximum absolute atomic E-state index is 14.0. The second kappa shape index (κ2) is 5.24. The van der Waals surface area contributed by atoms with Crippen molar-refractivity contribution in [3.63, 3.8) is 0 Å². The van der Waals surface area contributed by atoms with Crippen LogP contribution < -0.4 is 0 Å². The first-order valence-corrected chi connectivity index (χ1v) is 7.12. The Balaban J connectivity index is 2.39. The summed E-state index contributed by atoms with van der Waals surface area (Å²) in [4.78, 5) is 8.63. The van der Waals surface area contributed by atoms with Gasteiger partial charge in [-0.2, -0.15) is 0 Å². The standard InChI is InChI=1S/C16H11Cl2FN2/c1-8-4-3-5-9(2)12(8)16-20-14-11(19)7-6-10(17)13(14)15(18)21-16/h3-7H,1-2H3. The molecular weight excluding hydrogens is 310 g/mol. The van der Waals surface area contributed by atoms with Crippen LogP contribution >= 0.6 is 23.2 Å². The number of rotatable bonds is 1. The molecule has 21 heavy (non-hydrogen) atoms. The minimum Gasteiger partial charge on any atom is -0.225 e. The average Bonchev–Trinajstić information content (AvgIpc) is 2.42. The fourth-order valence-electron chi connectivity index (χ4n) is 2.41. The quantitative estimate of drug-likeness (QED) is 0.564. The number of fused-ring (bicyclic) bond motifs is 1. The number of aromatic nitrogens is 2. The Morgan fingerprint density at radius 2 is 1.62 bits per heavy atom. The smallest absolute Gasteiger partial charge is 0.162 e. The van der Waals surface area contributed by atoms with Crippen LogP contribution in [0.4, 0.5) is 4.39 Å². The van der Waals surface area contributed by atoms with Gasteiger partial charge in [0.25, 0.3) is 0 Å². The van der Waals surface area contributed by atoms with Gasteiger partial charge >= 0.3 is 0 Å². The summed E-state index contributed by atoms with van der Waals surface area (Å²) in [7, 11) is 0. The van der Waals surface area contributed by atoms with Crippen LogP contribution in [0.5, 0.6) is 0 Å². The second-order valence-electron chi connectivity index (χ2n) is 4.86. The van der Waals surface area contributed by atoms with Gasteiger partial charge in [-0.25, -0.2) is 14.4 Å². The van der Waals surface area contributed by atoms with Crippen LogP contribution in [-0.4, -0.2) is 9.97 Å². The van der Waals surface area contributed by atoms with Gasteiger partial charge in [-0.3, -0.25) is 0 Å².